The highest BCUT2D eigenvalue weighted by molar-refractivity contribution is 7.08. The number of aliphatic hydroxyl groups excluding tert-OH is 1. The first-order valence-electron chi connectivity index (χ1n) is 7.70. The molecule has 3 rings (SSSR count). The van der Waals surface area contributed by atoms with Crippen molar-refractivity contribution in [1.29, 1.82) is 0 Å². The first kappa shape index (κ1) is 17.0. The van der Waals surface area contributed by atoms with Gasteiger partial charge in [-0.1, -0.05) is 6.07 Å². The molecule has 1 fully saturated rings. The lowest BCUT2D eigenvalue weighted by molar-refractivity contribution is -0.142. The van der Waals surface area contributed by atoms with Crippen molar-refractivity contribution < 1.29 is 18.7 Å². The third-order valence-electron chi connectivity index (χ3n) is 4.19. The number of hydrogen-bond donors (Lipinski definition) is 1. The van der Waals surface area contributed by atoms with Crippen molar-refractivity contribution in [2.24, 2.45) is 0 Å². The van der Waals surface area contributed by atoms with Crippen LogP contribution < -0.4 is 0 Å². The number of amides is 1. The number of carbonyl (C=O) groups excluding carboxylic acids is 1. The van der Waals surface area contributed by atoms with Crippen LogP contribution in [0.2, 0.25) is 0 Å². The minimum Gasteiger partial charge on any atom is -0.378 e. The molecular formula is C17H18F2N2O2S. The van der Waals surface area contributed by atoms with Crippen LogP contribution in [0.15, 0.2) is 35.0 Å². The minimum atomic E-state index is -1.13. The summed E-state index contributed by atoms with van der Waals surface area (Å²) >= 11 is 1.43. The van der Waals surface area contributed by atoms with Crippen LogP contribution in [0.5, 0.6) is 0 Å². The molecule has 1 saturated heterocycles. The summed E-state index contributed by atoms with van der Waals surface area (Å²) in [6.45, 7) is 2.49. The van der Waals surface area contributed by atoms with E-state index < -0.39 is 17.7 Å². The van der Waals surface area contributed by atoms with Gasteiger partial charge in [-0.25, -0.2) is 8.78 Å². The Morgan fingerprint density at radius 2 is 1.96 bits per heavy atom. The molecule has 0 unspecified atom stereocenters. The summed E-state index contributed by atoms with van der Waals surface area (Å²) in [5.41, 5.74) is 1.05. The van der Waals surface area contributed by atoms with Gasteiger partial charge < -0.3 is 10.0 Å². The maximum absolute atomic E-state index is 13.7. The Kier molecular flexibility index (Phi) is 5.23. The Hall–Kier alpha value is -1.83. The molecule has 1 amide bonds. The maximum Gasteiger partial charge on any atom is 0.256 e. The Bertz CT molecular complexity index is 701. The lowest BCUT2D eigenvalue weighted by Gasteiger charge is -2.35. The van der Waals surface area contributed by atoms with E-state index in [1.54, 1.807) is 16.3 Å². The summed E-state index contributed by atoms with van der Waals surface area (Å²) < 4.78 is 26.6. The smallest absolute Gasteiger partial charge is 0.256 e. The molecule has 2 aromatic rings. The highest BCUT2D eigenvalue weighted by atomic mass is 32.1. The molecule has 4 nitrogen and oxygen atoms in total. The monoisotopic (exact) mass is 352 g/mol. The average molecular weight is 352 g/mol. The van der Waals surface area contributed by atoms with Gasteiger partial charge in [-0.2, -0.15) is 11.3 Å². The number of benzene rings is 1. The third-order valence-corrected chi connectivity index (χ3v) is 4.89. The van der Waals surface area contributed by atoms with Gasteiger partial charge in [0.25, 0.3) is 5.91 Å². The number of piperazine rings is 1. The van der Waals surface area contributed by atoms with Crippen molar-refractivity contribution in [1.82, 2.24) is 9.80 Å². The van der Waals surface area contributed by atoms with Crippen LogP contribution in [0.3, 0.4) is 0 Å². The van der Waals surface area contributed by atoms with E-state index in [1.807, 2.05) is 10.3 Å². The van der Waals surface area contributed by atoms with Crippen LogP contribution in [0.4, 0.5) is 8.78 Å². The molecule has 128 valence electrons. The van der Waals surface area contributed by atoms with Gasteiger partial charge >= 0.3 is 0 Å². The second-order valence-corrected chi connectivity index (χ2v) is 6.58. The largest absolute Gasteiger partial charge is 0.378 e. The zero-order valence-corrected chi connectivity index (χ0v) is 13.8. The van der Waals surface area contributed by atoms with E-state index >= 15 is 0 Å². The highest BCUT2D eigenvalue weighted by Gasteiger charge is 2.27. The molecule has 0 spiro atoms. The van der Waals surface area contributed by atoms with E-state index in [0.717, 1.165) is 6.07 Å². The van der Waals surface area contributed by atoms with Gasteiger partial charge in [-0.15, -0.1) is 0 Å². The quantitative estimate of drug-likeness (QED) is 0.919. The molecule has 1 N–H and O–H groups in total. The molecule has 24 heavy (non-hydrogen) atoms. The van der Waals surface area contributed by atoms with Crippen LogP contribution in [0.25, 0.3) is 0 Å². The van der Waals surface area contributed by atoms with Crippen molar-refractivity contribution in [2.45, 2.75) is 12.6 Å². The van der Waals surface area contributed by atoms with E-state index in [0.29, 0.717) is 43.9 Å². The summed E-state index contributed by atoms with van der Waals surface area (Å²) in [6.07, 6.45) is -1.13. The number of carbonyl (C=O) groups is 1. The fourth-order valence-corrected chi connectivity index (χ4v) is 3.44. The van der Waals surface area contributed by atoms with Gasteiger partial charge in [-0.05, 0) is 22.9 Å². The summed E-state index contributed by atoms with van der Waals surface area (Å²) in [5.74, 6) is -1.45. The number of aliphatic hydroxyl groups is 1. The molecule has 0 radical (unpaired) electrons. The lowest BCUT2D eigenvalue weighted by Crippen LogP contribution is -2.49. The zero-order valence-electron chi connectivity index (χ0n) is 13.0. The first-order valence-corrected chi connectivity index (χ1v) is 8.64. The maximum atomic E-state index is 13.7. The van der Waals surface area contributed by atoms with Crippen molar-refractivity contribution in [3.05, 3.63) is 57.8 Å². The van der Waals surface area contributed by atoms with Crippen molar-refractivity contribution in [3.8, 4) is 0 Å². The van der Waals surface area contributed by atoms with Gasteiger partial charge in [0.2, 0.25) is 0 Å². The fraction of sp³-hybridized carbons (Fsp3) is 0.353. The van der Waals surface area contributed by atoms with Crippen molar-refractivity contribution in [3.63, 3.8) is 0 Å². The summed E-state index contributed by atoms with van der Waals surface area (Å²) in [4.78, 5) is 15.9. The molecule has 0 bridgehead atoms. The Morgan fingerprint density at radius 1 is 1.21 bits per heavy atom. The molecule has 7 heteroatoms. The minimum absolute atomic E-state index is 0.305. The van der Waals surface area contributed by atoms with Gasteiger partial charge in [0, 0.05) is 49.9 Å². The number of nitrogens with zero attached hydrogens (tertiary/aromatic N) is 2. The third kappa shape index (κ3) is 3.80. The topological polar surface area (TPSA) is 43.8 Å². The van der Waals surface area contributed by atoms with Gasteiger partial charge in [0.05, 0.1) is 0 Å². The zero-order chi connectivity index (χ0) is 17.1. The normalized spacial score (nSPS) is 17.0. The molecule has 1 aliphatic heterocycles. The van der Waals surface area contributed by atoms with Gasteiger partial charge in [-0.3, -0.25) is 9.69 Å². The Labute approximate surface area is 142 Å². The number of halogens is 2. The van der Waals surface area contributed by atoms with Crippen LogP contribution in [0.1, 0.15) is 17.2 Å². The van der Waals surface area contributed by atoms with E-state index in [2.05, 4.69) is 0 Å². The standard InChI is InChI=1S/C17H18F2N2O2S/c18-14-2-1-12(15(19)9-14)10-20-4-6-21(7-5-20)17(23)16(22)13-3-8-24-11-13/h1-3,8-9,11,16,22H,4-7,10H2/t16-/m1/s1. The predicted molar refractivity (Wildman–Crippen MR) is 87.5 cm³/mol. The van der Waals surface area contributed by atoms with Gasteiger partial charge in [0.1, 0.15) is 11.6 Å². The van der Waals surface area contributed by atoms with Crippen LogP contribution in [-0.4, -0.2) is 47.0 Å². The molecule has 0 aliphatic carbocycles. The number of rotatable bonds is 4. The number of hydrogen-bond acceptors (Lipinski definition) is 4. The highest BCUT2D eigenvalue weighted by Crippen LogP contribution is 2.20. The van der Waals surface area contributed by atoms with E-state index in [9.17, 15) is 18.7 Å². The predicted octanol–water partition coefficient (Wildman–Crippen LogP) is 2.40. The molecule has 0 saturated carbocycles. The van der Waals surface area contributed by atoms with Crippen LogP contribution in [-0.2, 0) is 11.3 Å². The average Bonchev–Trinajstić information content (AvgIpc) is 3.11. The fourth-order valence-electron chi connectivity index (χ4n) is 2.76. The summed E-state index contributed by atoms with van der Waals surface area (Å²) in [6, 6.07) is 5.31. The molecule has 1 atom stereocenters. The molecule has 1 aromatic heterocycles. The molecular weight excluding hydrogens is 334 g/mol. The SMILES string of the molecule is O=C([C@H](O)c1ccsc1)N1CCN(Cc2ccc(F)cc2F)CC1. The van der Waals surface area contributed by atoms with Crippen LogP contribution >= 0.6 is 11.3 Å². The molecule has 1 aliphatic rings. The van der Waals surface area contributed by atoms with E-state index in [4.69, 9.17) is 0 Å². The van der Waals surface area contributed by atoms with Crippen LogP contribution in [0, 0.1) is 11.6 Å². The van der Waals surface area contributed by atoms with E-state index in [-0.39, 0.29) is 5.91 Å². The number of thiophene rings is 1. The Balaban J connectivity index is 1.55. The van der Waals surface area contributed by atoms with Gasteiger partial charge in [0.15, 0.2) is 6.10 Å². The second kappa shape index (κ2) is 7.38. The second-order valence-electron chi connectivity index (χ2n) is 5.80. The van der Waals surface area contributed by atoms with Crippen molar-refractivity contribution >= 4 is 17.2 Å². The summed E-state index contributed by atoms with van der Waals surface area (Å²) in [7, 11) is 0. The molecule has 1 aromatic carbocycles. The molecule has 2 heterocycles. The lowest BCUT2D eigenvalue weighted by atomic mass is 10.1. The summed E-state index contributed by atoms with van der Waals surface area (Å²) in [5, 5.41) is 13.7. The van der Waals surface area contributed by atoms with E-state index in [1.165, 1.54) is 23.5 Å². The van der Waals surface area contributed by atoms with Crippen molar-refractivity contribution in [2.75, 3.05) is 26.2 Å². The first-order chi connectivity index (χ1) is 11.5. The Morgan fingerprint density at radius 3 is 2.58 bits per heavy atom.